The van der Waals surface area contributed by atoms with Crippen LogP contribution in [0.15, 0.2) is 54.2 Å². The number of amides is 2. The summed E-state index contributed by atoms with van der Waals surface area (Å²) in [5, 5.41) is 5.59. The molecule has 0 fully saturated rings. The molecule has 0 heterocycles. The first-order chi connectivity index (χ1) is 15.2. The van der Waals surface area contributed by atoms with E-state index in [-0.39, 0.29) is 35.8 Å². The van der Waals surface area contributed by atoms with Gasteiger partial charge < -0.3 is 20.1 Å². The van der Waals surface area contributed by atoms with Crippen molar-refractivity contribution in [3.05, 3.63) is 76.2 Å². The summed E-state index contributed by atoms with van der Waals surface area (Å²) in [5.41, 5.74) is 2.51. The van der Waals surface area contributed by atoms with Gasteiger partial charge in [0.05, 0.1) is 17.2 Å². The minimum absolute atomic E-state index is 0.0137. The molecule has 6 nitrogen and oxygen atoms in total. The van der Waals surface area contributed by atoms with Crippen LogP contribution in [-0.2, 0) is 20.7 Å². The maximum atomic E-state index is 13.4. The molecule has 8 heteroatoms. The van der Waals surface area contributed by atoms with E-state index in [2.05, 4.69) is 10.6 Å². The molecule has 1 atom stereocenters. The van der Waals surface area contributed by atoms with Crippen molar-refractivity contribution >= 4 is 23.4 Å². The zero-order valence-electron chi connectivity index (χ0n) is 18.0. The molecule has 0 saturated heterocycles. The Kier molecular flexibility index (Phi) is 7.88. The number of aryl methyl sites for hydroxylation is 1. The summed E-state index contributed by atoms with van der Waals surface area (Å²) >= 11 is 5.62. The lowest BCUT2D eigenvalue weighted by Gasteiger charge is -2.37. The molecule has 0 radical (unpaired) electrons. The van der Waals surface area contributed by atoms with Crippen LogP contribution in [-0.4, -0.2) is 37.2 Å². The van der Waals surface area contributed by atoms with Crippen molar-refractivity contribution in [3.8, 4) is 5.75 Å². The van der Waals surface area contributed by atoms with Crippen LogP contribution in [0.4, 0.5) is 4.39 Å². The highest BCUT2D eigenvalue weighted by Crippen LogP contribution is 2.28. The molecule has 3 rings (SSSR count). The Balaban J connectivity index is 1.33. The molecule has 0 spiro atoms. The lowest BCUT2D eigenvalue weighted by Crippen LogP contribution is -2.53. The molecule has 0 saturated carbocycles. The fourth-order valence-corrected chi connectivity index (χ4v) is 3.42. The highest BCUT2D eigenvalue weighted by Gasteiger charge is 2.34. The summed E-state index contributed by atoms with van der Waals surface area (Å²) in [4.78, 5) is 24.1. The van der Waals surface area contributed by atoms with Crippen molar-refractivity contribution in [1.82, 2.24) is 10.6 Å². The first-order valence-corrected chi connectivity index (χ1v) is 10.6. The maximum absolute atomic E-state index is 13.4. The molecule has 0 aliphatic heterocycles. The molecular weight excluding hydrogens is 435 g/mol. The van der Waals surface area contributed by atoms with Crippen molar-refractivity contribution < 1.29 is 23.5 Å². The van der Waals surface area contributed by atoms with E-state index < -0.39 is 11.4 Å². The zero-order chi connectivity index (χ0) is 23.1. The Morgan fingerprint density at radius 3 is 2.53 bits per heavy atom. The number of halogens is 2. The summed E-state index contributed by atoms with van der Waals surface area (Å²) in [6.45, 7) is 4.04. The number of rotatable bonds is 10. The van der Waals surface area contributed by atoms with Gasteiger partial charge in [0.2, 0.25) is 5.91 Å². The van der Waals surface area contributed by atoms with Crippen molar-refractivity contribution in [2.24, 2.45) is 0 Å². The van der Waals surface area contributed by atoms with Crippen LogP contribution in [0.3, 0.4) is 0 Å². The van der Waals surface area contributed by atoms with Crippen LogP contribution < -0.4 is 15.4 Å². The number of carbonyl (C=O) groups is 2. The van der Waals surface area contributed by atoms with Crippen molar-refractivity contribution in [3.63, 3.8) is 0 Å². The van der Waals surface area contributed by atoms with Gasteiger partial charge in [-0.25, -0.2) is 4.39 Å². The predicted octanol–water partition coefficient (Wildman–Crippen LogP) is 3.70. The topological polar surface area (TPSA) is 76.7 Å². The normalized spacial score (nSPS) is 17.2. The number of hydrogen-bond donors (Lipinski definition) is 2. The molecule has 170 valence electrons. The van der Waals surface area contributed by atoms with E-state index in [0.29, 0.717) is 13.0 Å². The van der Waals surface area contributed by atoms with Gasteiger partial charge in [0.1, 0.15) is 18.2 Å². The van der Waals surface area contributed by atoms with Crippen molar-refractivity contribution in [2.75, 3.05) is 19.8 Å². The lowest BCUT2D eigenvalue weighted by molar-refractivity contribution is -0.125. The average molecular weight is 461 g/mol. The number of carbonyl (C=O) groups excluding carboxylic acids is 2. The Hall–Kier alpha value is -2.90. The van der Waals surface area contributed by atoms with E-state index >= 15 is 0 Å². The van der Waals surface area contributed by atoms with Gasteiger partial charge in [-0.1, -0.05) is 41.4 Å². The minimum Gasteiger partial charge on any atom is -0.484 e. The SMILES string of the molecule is Cc1ccc(CCOCC(=O)NC2=CC(C)(NC(=O)COc3ccc(Cl)c(F)c3)C2)cc1. The van der Waals surface area contributed by atoms with Gasteiger partial charge in [-0.15, -0.1) is 0 Å². The summed E-state index contributed by atoms with van der Waals surface area (Å²) in [7, 11) is 0. The van der Waals surface area contributed by atoms with E-state index in [1.807, 2.05) is 38.1 Å². The van der Waals surface area contributed by atoms with Crippen LogP contribution in [0, 0.1) is 12.7 Å². The Morgan fingerprint density at radius 1 is 1.12 bits per heavy atom. The molecule has 2 N–H and O–H groups in total. The smallest absolute Gasteiger partial charge is 0.258 e. The van der Waals surface area contributed by atoms with E-state index in [4.69, 9.17) is 21.1 Å². The number of hydrogen-bond acceptors (Lipinski definition) is 4. The fraction of sp³-hybridized carbons (Fsp3) is 0.333. The van der Waals surface area contributed by atoms with E-state index in [1.54, 1.807) is 6.08 Å². The summed E-state index contributed by atoms with van der Waals surface area (Å²) in [6.07, 6.45) is 2.99. The summed E-state index contributed by atoms with van der Waals surface area (Å²) in [5.74, 6) is -0.991. The first kappa shape index (κ1) is 23.8. The molecule has 1 aliphatic carbocycles. The van der Waals surface area contributed by atoms with Crippen molar-refractivity contribution in [1.29, 1.82) is 0 Å². The van der Waals surface area contributed by atoms with Crippen LogP contribution in [0.2, 0.25) is 5.02 Å². The molecule has 1 aliphatic rings. The monoisotopic (exact) mass is 460 g/mol. The third kappa shape index (κ3) is 7.07. The maximum Gasteiger partial charge on any atom is 0.258 e. The Morgan fingerprint density at radius 2 is 1.84 bits per heavy atom. The number of ether oxygens (including phenoxy) is 2. The first-order valence-electron chi connectivity index (χ1n) is 10.3. The highest BCUT2D eigenvalue weighted by atomic mass is 35.5. The molecule has 2 amide bonds. The third-order valence-electron chi connectivity index (χ3n) is 4.93. The van der Waals surface area contributed by atoms with Gasteiger partial charge in [0.25, 0.3) is 5.91 Å². The Bertz CT molecular complexity index is 1010. The second-order valence-corrected chi connectivity index (χ2v) is 8.42. The quantitative estimate of drug-likeness (QED) is 0.530. The van der Waals surface area contributed by atoms with E-state index in [9.17, 15) is 14.0 Å². The number of benzene rings is 2. The second-order valence-electron chi connectivity index (χ2n) is 8.01. The predicted molar refractivity (Wildman–Crippen MR) is 120 cm³/mol. The van der Waals surface area contributed by atoms with Crippen LogP contribution >= 0.6 is 11.6 Å². The standard InChI is InChI=1S/C24H26ClFN2O4/c1-16-3-5-17(6-4-16)9-10-31-14-22(29)27-18-12-24(2,13-18)28-23(30)15-32-19-7-8-20(25)21(26)11-19/h3-8,11-12H,9-10,13-15H2,1-2H3,(H,27,29)(H,28,30). The molecule has 0 aromatic heterocycles. The van der Waals surface area contributed by atoms with Crippen LogP contribution in [0.5, 0.6) is 5.75 Å². The van der Waals surface area contributed by atoms with Gasteiger partial charge in [-0.3, -0.25) is 9.59 Å². The summed E-state index contributed by atoms with van der Waals surface area (Å²) < 4.78 is 24.1. The van der Waals surface area contributed by atoms with Gasteiger partial charge in [0.15, 0.2) is 6.61 Å². The van der Waals surface area contributed by atoms with Gasteiger partial charge >= 0.3 is 0 Å². The van der Waals surface area contributed by atoms with Crippen LogP contribution in [0.25, 0.3) is 0 Å². The van der Waals surface area contributed by atoms with Crippen LogP contribution in [0.1, 0.15) is 24.5 Å². The lowest BCUT2D eigenvalue weighted by atomic mass is 9.84. The molecule has 1 unspecified atom stereocenters. The molecular formula is C24H26ClFN2O4. The minimum atomic E-state index is -0.613. The van der Waals surface area contributed by atoms with Gasteiger partial charge in [-0.05, 0) is 44.0 Å². The molecule has 32 heavy (non-hydrogen) atoms. The number of nitrogens with one attached hydrogen (secondary N) is 2. The largest absolute Gasteiger partial charge is 0.484 e. The van der Waals surface area contributed by atoms with Gasteiger partial charge in [-0.2, -0.15) is 0 Å². The van der Waals surface area contributed by atoms with E-state index in [0.717, 1.165) is 23.7 Å². The van der Waals surface area contributed by atoms with Gasteiger partial charge in [0, 0.05) is 18.2 Å². The average Bonchev–Trinajstić information content (AvgIpc) is 2.72. The molecule has 0 bridgehead atoms. The molecule has 2 aromatic rings. The second kappa shape index (κ2) is 10.6. The third-order valence-corrected chi connectivity index (χ3v) is 5.23. The van der Waals surface area contributed by atoms with Crippen molar-refractivity contribution in [2.45, 2.75) is 32.2 Å². The zero-order valence-corrected chi connectivity index (χ0v) is 18.8. The van der Waals surface area contributed by atoms with E-state index in [1.165, 1.54) is 17.7 Å². The Labute approximate surface area is 191 Å². The fourth-order valence-electron chi connectivity index (χ4n) is 3.31. The highest BCUT2D eigenvalue weighted by molar-refractivity contribution is 6.30. The molecule has 2 aromatic carbocycles. The summed E-state index contributed by atoms with van der Waals surface area (Å²) in [6, 6.07) is 12.2.